The molecule has 7 heteroatoms. The Bertz CT molecular complexity index is 723. The Morgan fingerprint density at radius 1 is 1.54 bits per heavy atom. The van der Waals surface area contributed by atoms with Crippen LogP contribution in [0.15, 0.2) is 18.2 Å². The van der Waals surface area contributed by atoms with Crippen molar-refractivity contribution in [3.8, 4) is 6.07 Å². The van der Waals surface area contributed by atoms with Crippen molar-refractivity contribution in [1.82, 2.24) is 10.2 Å². The molecule has 0 spiro atoms. The Morgan fingerprint density at radius 3 is 3.08 bits per heavy atom. The van der Waals surface area contributed by atoms with Crippen molar-refractivity contribution in [2.45, 2.75) is 37.4 Å². The minimum atomic E-state index is -0.286. The first kappa shape index (κ1) is 16.6. The maximum atomic E-state index is 12.6. The van der Waals surface area contributed by atoms with Gasteiger partial charge in [-0.25, -0.2) is 4.85 Å². The zero-order valence-corrected chi connectivity index (χ0v) is 13.9. The number of likely N-dealkylation sites (tertiary alicyclic amines) is 1. The van der Waals surface area contributed by atoms with Crippen LogP contribution in [0.1, 0.15) is 19.3 Å². The van der Waals surface area contributed by atoms with Crippen LogP contribution in [0, 0.1) is 17.9 Å². The molecule has 0 saturated carbocycles. The van der Waals surface area contributed by atoms with Crippen LogP contribution >= 0.6 is 11.6 Å². The summed E-state index contributed by atoms with van der Waals surface area (Å²) in [4.78, 5) is 17.6. The van der Waals surface area contributed by atoms with Crippen LogP contribution in [0.25, 0.3) is 4.85 Å². The number of anilines is 1. The van der Waals surface area contributed by atoms with Gasteiger partial charge in [-0.2, -0.15) is 5.26 Å². The molecule has 0 unspecified atom stereocenters. The lowest BCUT2D eigenvalue weighted by Gasteiger charge is -2.23. The van der Waals surface area contributed by atoms with Gasteiger partial charge in [0.25, 0.3) is 0 Å². The first-order chi connectivity index (χ1) is 11.6. The molecule has 2 fully saturated rings. The number of nitrogens with one attached hydrogen (secondary N) is 2. The number of carbonyl (C=O) groups is 1. The lowest BCUT2D eigenvalue weighted by atomic mass is 10.1. The van der Waals surface area contributed by atoms with Crippen LogP contribution in [-0.4, -0.2) is 42.0 Å². The normalized spacial score (nSPS) is 26.0. The molecule has 1 aromatic rings. The molecule has 3 rings (SSSR count). The van der Waals surface area contributed by atoms with Gasteiger partial charge in [0.15, 0.2) is 0 Å². The molecule has 2 N–H and O–H groups in total. The van der Waals surface area contributed by atoms with E-state index in [0.29, 0.717) is 30.2 Å². The van der Waals surface area contributed by atoms with E-state index in [9.17, 15) is 4.79 Å². The highest BCUT2D eigenvalue weighted by molar-refractivity contribution is 6.33. The number of amides is 1. The third-order valence-electron chi connectivity index (χ3n) is 4.55. The first-order valence-corrected chi connectivity index (χ1v) is 8.37. The third-order valence-corrected chi connectivity index (χ3v) is 4.86. The number of carbonyl (C=O) groups excluding carboxylic acids is 1. The molecule has 0 radical (unpaired) electrons. The fraction of sp³-hybridized carbons (Fsp3) is 0.471. The van der Waals surface area contributed by atoms with Crippen LogP contribution < -0.4 is 10.6 Å². The molecule has 2 heterocycles. The Hall–Kier alpha value is -2.28. The van der Waals surface area contributed by atoms with E-state index >= 15 is 0 Å². The highest BCUT2D eigenvalue weighted by atomic mass is 35.5. The molecule has 0 bridgehead atoms. The van der Waals surface area contributed by atoms with Gasteiger partial charge in [-0.15, -0.1) is 0 Å². The third kappa shape index (κ3) is 3.31. The molecule has 124 valence electrons. The van der Waals surface area contributed by atoms with Gasteiger partial charge in [0.05, 0.1) is 18.7 Å². The summed E-state index contributed by atoms with van der Waals surface area (Å²) in [5, 5.41) is 16.1. The Balaban J connectivity index is 1.60. The molecule has 2 aliphatic heterocycles. The van der Waals surface area contributed by atoms with Crippen LogP contribution in [-0.2, 0) is 4.79 Å². The minimum absolute atomic E-state index is 0.0183. The molecule has 2 aliphatic rings. The van der Waals surface area contributed by atoms with E-state index in [2.05, 4.69) is 21.5 Å². The van der Waals surface area contributed by atoms with Gasteiger partial charge in [-0.1, -0.05) is 17.7 Å². The summed E-state index contributed by atoms with van der Waals surface area (Å²) < 4.78 is 0. The van der Waals surface area contributed by atoms with Gasteiger partial charge < -0.3 is 15.5 Å². The van der Waals surface area contributed by atoms with Crippen molar-refractivity contribution in [3.63, 3.8) is 0 Å². The highest BCUT2D eigenvalue weighted by Gasteiger charge is 2.36. The summed E-state index contributed by atoms with van der Waals surface area (Å²) in [5.74, 6) is 0.0183. The van der Waals surface area contributed by atoms with Gasteiger partial charge in [0.1, 0.15) is 6.04 Å². The van der Waals surface area contributed by atoms with Gasteiger partial charge in [0, 0.05) is 29.8 Å². The molecule has 6 nitrogen and oxygen atoms in total. The summed E-state index contributed by atoms with van der Waals surface area (Å²) in [5.41, 5.74) is 1.26. The Morgan fingerprint density at radius 2 is 2.38 bits per heavy atom. The van der Waals surface area contributed by atoms with Gasteiger partial charge in [-0.3, -0.25) is 4.79 Å². The molecular weight excluding hydrogens is 326 g/mol. The van der Waals surface area contributed by atoms with Crippen molar-refractivity contribution in [3.05, 3.63) is 34.6 Å². The molecule has 3 atom stereocenters. The van der Waals surface area contributed by atoms with Crippen molar-refractivity contribution in [2.24, 2.45) is 0 Å². The standard InChI is InChI=1S/C17H18ClN5O/c1-20-15-5-4-11(7-14(15)18)22-12-8-16(21-10-12)17(24)23-6-2-3-13(23)9-19/h4-5,7,12-13,16,21-22H,2-3,6,8,10H2/t12-,13-,16-/m0/s1. The average molecular weight is 344 g/mol. The summed E-state index contributed by atoms with van der Waals surface area (Å²) >= 11 is 6.05. The maximum Gasteiger partial charge on any atom is 0.240 e. The van der Waals surface area contributed by atoms with E-state index in [0.717, 1.165) is 18.5 Å². The van der Waals surface area contributed by atoms with E-state index in [-0.39, 0.29) is 24.0 Å². The van der Waals surface area contributed by atoms with Crippen LogP contribution in [0.2, 0.25) is 5.02 Å². The van der Waals surface area contributed by atoms with E-state index in [1.165, 1.54) is 0 Å². The molecule has 1 amide bonds. The Kier molecular flexibility index (Phi) is 4.89. The number of benzene rings is 1. The summed E-state index contributed by atoms with van der Waals surface area (Å²) in [6.07, 6.45) is 2.32. The van der Waals surface area contributed by atoms with Crippen molar-refractivity contribution >= 4 is 28.9 Å². The van der Waals surface area contributed by atoms with Gasteiger partial charge in [-0.05, 0) is 31.4 Å². The average Bonchev–Trinajstić information content (AvgIpc) is 3.23. The molecule has 0 aromatic heterocycles. The summed E-state index contributed by atoms with van der Waals surface area (Å²) in [6, 6.07) is 7.01. The number of rotatable bonds is 3. The largest absolute Gasteiger partial charge is 0.381 e. The van der Waals surface area contributed by atoms with Gasteiger partial charge in [0.2, 0.25) is 11.6 Å². The monoisotopic (exact) mass is 343 g/mol. The van der Waals surface area contributed by atoms with E-state index < -0.39 is 0 Å². The minimum Gasteiger partial charge on any atom is -0.381 e. The first-order valence-electron chi connectivity index (χ1n) is 7.99. The van der Waals surface area contributed by atoms with Crippen LogP contribution in [0.4, 0.5) is 11.4 Å². The zero-order chi connectivity index (χ0) is 17.1. The Labute approximate surface area is 146 Å². The number of hydrogen-bond acceptors (Lipinski definition) is 4. The van der Waals surface area contributed by atoms with E-state index in [1.54, 1.807) is 17.0 Å². The summed E-state index contributed by atoms with van der Waals surface area (Å²) in [6.45, 7) is 8.35. The molecule has 24 heavy (non-hydrogen) atoms. The fourth-order valence-corrected chi connectivity index (χ4v) is 3.54. The number of hydrogen-bond donors (Lipinski definition) is 2. The molecule has 2 saturated heterocycles. The second kappa shape index (κ2) is 7.09. The van der Waals surface area contributed by atoms with E-state index in [1.807, 2.05) is 6.07 Å². The van der Waals surface area contributed by atoms with Crippen LogP contribution in [0.5, 0.6) is 0 Å². The SMILES string of the molecule is [C-]#[N+]c1ccc(N[C@@H]2CN[C@H](C(=O)N3CCC[C@H]3C#N)C2)cc1Cl. The number of nitrogens with zero attached hydrogens (tertiary/aromatic N) is 3. The second-order valence-corrected chi connectivity index (χ2v) is 6.54. The lowest BCUT2D eigenvalue weighted by molar-refractivity contribution is -0.133. The van der Waals surface area contributed by atoms with Crippen molar-refractivity contribution in [2.75, 3.05) is 18.4 Å². The molecule has 0 aliphatic carbocycles. The maximum absolute atomic E-state index is 12.6. The smallest absolute Gasteiger partial charge is 0.240 e. The van der Waals surface area contributed by atoms with Crippen molar-refractivity contribution < 1.29 is 4.79 Å². The number of nitriles is 1. The van der Waals surface area contributed by atoms with E-state index in [4.69, 9.17) is 23.4 Å². The molecule has 1 aromatic carbocycles. The highest BCUT2D eigenvalue weighted by Crippen LogP contribution is 2.29. The molecular formula is C17H18ClN5O. The number of halogens is 1. The lowest BCUT2D eigenvalue weighted by Crippen LogP contribution is -2.45. The summed E-state index contributed by atoms with van der Waals surface area (Å²) in [7, 11) is 0. The zero-order valence-electron chi connectivity index (χ0n) is 13.1. The van der Waals surface area contributed by atoms with Gasteiger partial charge >= 0.3 is 0 Å². The van der Waals surface area contributed by atoms with Crippen LogP contribution in [0.3, 0.4) is 0 Å². The van der Waals surface area contributed by atoms with Crippen molar-refractivity contribution in [1.29, 1.82) is 5.26 Å². The predicted octanol–water partition coefficient (Wildman–Crippen LogP) is 2.55. The topological polar surface area (TPSA) is 72.5 Å². The quantitative estimate of drug-likeness (QED) is 0.827. The second-order valence-electron chi connectivity index (χ2n) is 6.13. The predicted molar refractivity (Wildman–Crippen MR) is 91.9 cm³/mol. The fourth-order valence-electron chi connectivity index (χ4n) is 3.32.